The van der Waals surface area contributed by atoms with Crippen LogP contribution in [0, 0.1) is 10.1 Å². The molecule has 1 heterocycles. The van der Waals surface area contributed by atoms with E-state index in [9.17, 15) is 15.2 Å². The van der Waals surface area contributed by atoms with E-state index in [0.717, 1.165) is 0 Å². The second kappa shape index (κ2) is 3.82. The summed E-state index contributed by atoms with van der Waals surface area (Å²) in [6.45, 7) is 0. The van der Waals surface area contributed by atoms with Gasteiger partial charge in [-0.05, 0) is 6.07 Å². The summed E-state index contributed by atoms with van der Waals surface area (Å²) in [6.07, 6.45) is -0.898. The second-order valence-electron chi connectivity index (χ2n) is 4.00. The Morgan fingerprint density at radius 3 is 2.61 bits per heavy atom. The lowest BCUT2D eigenvalue weighted by atomic mass is 9.96. The molecule has 1 unspecified atom stereocenters. The Labute approximate surface area is 102 Å². The number of benzene rings is 2. The number of nitrogens with zero attached hydrogens (tertiary/aromatic N) is 1. The maximum atomic E-state index is 10.9. The molecule has 2 aromatic carbocycles. The largest absolute Gasteiger partial charge is 0.449 e. The first-order valence-corrected chi connectivity index (χ1v) is 5.40. The van der Waals surface area contributed by atoms with E-state index in [-0.39, 0.29) is 11.4 Å². The van der Waals surface area contributed by atoms with Crippen LogP contribution >= 0.6 is 0 Å². The van der Waals surface area contributed by atoms with Crippen LogP contribution < -0.4 is 4.74 Å². The van der Waals surface area contributed by atoms with Crippen molar-refractivity contribution < 1.29 is 14.8 Å². The molecule has 0 fully saturated rings. The highest BCUT2D eigenvalue weighted by atomic mass is 16.6. The van der Waals surface area contributed by atoms with Gasteiger partial charge in [0.2, 0.25) is 5.75 Å². The second-order valence-corrected chi connectivity index (χ2v) is 4.00. The zero-order chi connectivity index (χ0) is 12.7. The lowest BCUT2D eigenvalue weighted by Crippen LogP contribution is -2.10. The first kappa shape index (κ1) is 10.7. The van der Waals surface area contributed by atoms with E-state index in [1.54, 1.807) is 30.3 Å². The number of hydrogen-bond acceptors (Lipinski definition) is 4. The Kier molecular flexibility index (Phi) is 2.28. The van der Waals surface area contributed by atoms with Crippen molar-refractivity contribution in [2.24, 2.45) is 0 Å². The third-order valence-electron chi connectivity index (χ3n) is 2.94. The molecule has 1 aliphatic heterocycles. The van der Waals surface area contributed by atoms with Gasteiger partial charge in [-0.25, -0.2) is 0 Å². The van der Waals surface area contributed by atoms with Gasteiger partial charge in [-0.1, -0.05) is 30.3 Å². The van der Waals surface area contributed by atoms with Gasteiger partial charge in [-0.3, -0.25) is 10.1 Å². The maximum Gasteiger partial charge on any atom is 0.311 e. The fourth-order valence-corrected chi connectivity index (χ4v) is 2.09. The fraction of sp³-hybridized carbons (Fsp3) is 0.0769. The molecule has 5 nitrogen and oxygen atoms in total. The summed E-state index contributed by atoms with van der Waals surface area (Å²) < 4.78 is 5.54. The predicted octanol–water partition coefficient (Wildman–Crippen LogP) is 2.78. The normalized spacial score (nSPS) is 16.4. The molecule has 1 aliphatic rings. The van der Waals surface area contributed by atoms with Crippen molar-refractivity contribution in [2.45, 2.75) is 6.10 Å². The number of rotatable bonds is 1. The Morgan fingerprint density at radius 2 is 1.83 bits per heavy atom. The van der Waals surface area contributed by atoms with Crippen LogP contribution in [-0.2, 0) is 0 Å². The Hall–Kier alpha value is -2.40. The number of para-hydroxylation sites is 2. The number of nitro benzene ring substituents is 1. The van der Waals surface area contributed by atoms with Crippen LogP contribution in [0.4, 0.5) is 5.69 Å². The van der Waals surface area contributed by atoms with Crippen LogP contribution in [0.5, 0.6) is 11.5 Å². The van der Waals surface area contributed by atoms with E-state index in [0.29, 0.717) is 16.9 Å². The zero-order valence-electron chi connectivity index (χ0n) is 9.24. The van der Waals surface area contributed by atoms with Gasteiger partial charge in [0.1, 0.15) is 11.9 Å². The molecule has 3 rings (SSSR count). The van der Waals surface area contributed by atoms with Crippen LogP contribution in [0.1, 0.15) is 17.2 Å². The fourth-order valence-electron chi connectivity index (χ4n) is 2.09. The molecule has 0 aliphatic carbocycles. The summed E-state index contributed by atoms with van der Waals surface area (Å²) in [4.78, 5) is 10.4. The Balaban J connectivity index is 2.22. The summed E-state index contributed by atoms with van der Waals surface area (Å²) in [6, 6.07) is 11.5. The predicted molar refractivity (Wildman–Crippen MR) is 63.7 cm³/mol. The molecule has 0 amide bonds. The summed E-state index contributed by atoms with van der Waals surface area (Å²) in [7, 11) is 0. The first-order chi connectivity index (χ1) is 8.68. The smallest absolute Gasteiger partial charge is 0.311 e. The highest BCUT2D eigenvalue weighted by Gasteiger charge is 2.30. The van der Waals surface area contributed by atoms with Gasteiger partial charge in [0.25, 0.3) is 0 Å². The minimum Gasteiger partial charge on any atom is -0.449 e. The quantitative estimate of drug-likeness (QED) is 0.617. The van der Waals surface area contributed by atoms with E-state index in [4.69, 9.17) is 4.74 Å². The molecule has 0 radical (unpaired) electrons. The topological polar surface area (TPSA) is 72.6 Å². The molecule has 0 saturated carbocycles. The molecule has 0 aromatic heterocycles. The minimum absolute atomic E-state index is 0.119. The Morgan fingerprint density at radius 1 is 1.11 bits per heavy atom. The van der Waals surface area contributed by atoms with Gasteiger partial charge < -0.3 is 9.84 Å². The zero-order valence-corrected chi connectivity index (χ0v) is 9.24. The van der Waals surface area contributed by atoms with E-state index in [1.165, 1.54) is 12.1 Å². The van der Waals surface area contributed by atoms with Crippen molar-refractivity contribution in [1.82, 2.24) is 0 Å². The third kappa shape index (κ3) is 1.45. The average molecular weight is 243 g/mol. The van der Waals surface area contributed by atoms with Gasteiger partial charge >= 0.3 is 5.69 Å². The van der Waals surface area contributed by atoms with Gasteiger partial charge in [0.15, 0.2) is 0 Å². The van der Waals surface area contributed by atoms with Crippen LogP contribution in [0.3, 0.4) is 0 Å². The SMILES string of the molecule is O=[N+]([O-])c1cccc2c1Oc1ccccc1C2O. The molecule has 18 heavy (non-hydrogen) atoms. The summed E-state index contributed by atoms with van der Waals surface area (Å²) in [5, 5.41) is 21.2. The number of nitro groups is 1. The molecular weight excluding hydrogens is 234 g/mol. The molecule has 0 saturated heterocycles. The van der Waals surface area contributed by atoms with Gasteiger partial charge in [-0.2, -0.15) is 0 Å². The molecule has 5 heteroatoms. The lowest BCUT2D eigenvalue weighted by molar-refractivity contribution is -0.385. The van der Waals surface area contributed by atoms with Crippen LogP contribution in [0.2, 0.25) is 0 Å². The summed E-state index contributed by atoms with van der Waals surface area (Å²) in [5.41, 5.74) is 0.898. The van der Waals surface area contributed by atoms with Crippen LogP contribution in [0.15, 0.2) is 42.5 Å². The van der Waals surface area contributed by atoms with Crippen LogP contribution in [0.25, 0.3) is 0 Å². The molecular formula is C13H9NO4. The molecule has 0 spiro atoms. The van der Waals surface area contributed by atoms with Gasteiger partial charge in [0, 0.05) is 17.2 Å². The van der Waals surface area contributed by atoms with Crippen molar-refractivity contribution in [2.75, 3.05) is 0 Å². The van der Waals surface area contributed by atoms with Crippen molar-refractivity contribution in [3.8, 4) is 11.5 Å². The lowest BCUT2D eigenvalue weighted by Gasteiger charge is -2.24. The van der Waals surface area contributed by atoms with E-state index in [2.05, 4.69) is 0 Å². The van der Waals surface area contributed by atoms with E-state index in [1.807, 2.05) is 0 Å². The molecule has 1 N–H and O–H groups in total. The highest BCUT2D eigenvalue weighted by Crippen LogP contribution is 2.46. The molecule has 0 bridgehead atoms. The van der Waals surface area contributed by atoms with Crippen molar-refractivity contribution in [3.05, 3.63) is 63.7 Å². The van der Waals surface area contributed by atoms with Crippen molar-refractivity contribution in [1.29, 1.82) is 0 Å². The van der Waals surface area contributed by atoms with Crippen LogP contribution in [-0.4, -0.2) is 10.0 Å². The monoisotopic (exact) mass is 243 g/mol. The highest BCUT2D eigenvalue weighted by molar-refractivity contribution is 5.60. The minimum atomic E-state index is -0.898. The Bertz CT molecular complexity index is 639. The average Bonchev–Trinajstić information content (AvgIpc) is 2.38. The number of aliphatic hydroxyl groups excluding tert-OH is 1. The molecule has 1 atom stereocenters. The third-order valence-corrected chi connectivity index (χ3v) is 2.94. The standard InChI is InChI=1S/C13H9NO4/c15-12-8-4-1-2-7-11(8)18-13-9(12)5-3-6-10(13)14(16)17/h1-7,12,15H. The van der Waals surface area contributed by atoms with Gasteiger partial charge in [0.05, 0.1) is 4.92 Å². The van der Waals surface area contributed by atoms with Gasteiger partial charge in [-0.15, -0.1) is 0 Å². The number of fused-ring (bicyclic) bond motifs is 2. The van der Waals surface area contributed by atoms with E-state index < -0.39 is 11.0 Å². The maximum absolute atomic E-state index is 10.9. The number of hydrogen-bond donors (Lipinski definition) is 1. The number of aliphatic hydroxyl groups is 1. The molecule has 2 aromatic rings. The van der Waals surface area contributed by atoms with Crippen molar-refractivity contribution >= 4 is 5.69 Å². The number of ether oxygens (including phenoxy) is 1. The van der Waals surface area contributed by atoms with E-state index >= 15 is 0 Å². The summed E-state index contributed by atoms with van der Waals surface area (Å²) >= 11 is 0. The molecule has 90 valence electrons. The first-order valence-electron chi connectivity index (χ1n) is 5.40. The summed E-state index contributed by atoms with van der Waals surface area (Å²) in [5.74, 6) is 0.570. The van der Waals surface area contributed by atoms with Crippen molar-refractivity contribution in [3.63, 3.8) is 0 Å².